The van der Waals surface area contributed by atoms with Gasteiger partial charge in [-0.25, -0.2) is 0 Å². The number of hydrogen-bond acceptors (Lipinski definition) is 2. The lowest BCUT2D eigenvalue weighted by molar-refractivity contribution is 0.371. The molecule has 2 rings (SSSR count). The molecule has 1 aromatic heterocycles. The number of hydrogen-bond donors (Lipinski definition) is 0. The van der Waals surface area contributed by atoms with Crippen molar-refractivity contribution in [1.29, 1.82) is 0 Å². The third-order valence-corrected chi connectivity index (χ3v) is 1.90. The van der Waals surface area contributed by atoms with Gasteiger partial charge in [0.15, 0.2) is 0 Å². The number of nitrogens with zero attached hydrogens (tertiary/aromatic N) is 1. The van der Waals surface area contributed by atoms with Crippen LogP contribution >= 0.6 is 0 Å². The molecule has 0 N–H and O–H groups in total. The Hall–Kier alpha value is -2.01. The zero-order valence-electron chi connectivity index (χ0n) is 7.60. The molecule has 0 fully saturated rings. The molecule has 2 heteroatoms. The zero-order valence-corrected chi connectivity index (χ0v) is 7.60. The lowest BCUT2D eigenvalue weighted by Gasteiger charge is -2.02. The van der Waals surface area contributed by atoms with Crippen molar-refractivity contribution in [2.75, 3.05) is 6.61 Å². The molecule has 2 nitrogen and oxygen atoms in total. The van der Waals surface area contributed by atoms with E-state index in [0.717, 1.165) is 16.7 Å². The number of fused-ring (bicyclic) bond motifs is 1. The van der Waals surface area contributed by atoms with Gasteiger partial charge in [0.2, 0.25) is 0 Å². The van der Waals surface area contributed by atoms with Crippen LogP contribution in [-0.2, 0) is 0 Å². The van der Waals surface area contributed by atoms with E-state index < -0.39 is 0 Å². The van der Waals surface area contributed by atoms with Crippen LogP contribution < -0.4 is 4.74 Å². The van der Waals surface area contributed by atoms with Crippen LogP contribution in [0.4, 0.5) is 0 Å². The summed E-state index contributed by atoms with van der Waals surface area (Å²) >= 11 is 0. The summed E-state index contributed by atoms with van der Waals surface area (Å²) in [5.41, 5.74) is 0.959. The molecule has 1 heterocycles. The Morgan fingerprint density at radius 2 is 2.29 bits per heavy atom. The van der Waals surface area contributed by atoms with Gasteiger partial charge >= 0.3 is 0 Å². The van der Waals surface area contributed by atoms with Crippen molar-refractivity contribution in [2.24, 2.45) is 0 Å². The highest BCUT2D eigenvalue weighted by Gasteiger charge is 1.96. The molecule has 0 aliphatic carbocycles. The average Bonchev–Trinajstić information content (AvgIpc) is 2.26. The molecule has 0 aliphatic rings. The summed E-state index contributed by atoms with van der Waals surface area (Å²) in [6.07, 6.45) is 6.87. The van der Waals surface area contributed by atoms with E-state index in [-0.39, 0.29) is 0 Å². The van der Waals surface area contributed by atoms with Gasteiger partial charge in [-0.2, -0.15) is 0 Å². The molecule has 1 aromatic carbocycles. The van der Waals surface area contributed by atoms with Crippen LogP contribution in [0.15, 0.2) is 36.5 Å². The molecule has 0 spiro atoms. The topological polar surface area (TPSA) is 22.1 Å². The van der Waals surface area contributed by atoms with Crippen LogP contribution in [-0.4, -0.2) is 11.6 Å². The highest BCUT2D eigenvalue weighted by atomic mass is 16.5. The maximum Gasteiger partial charge on any atom is 0.148 e. The van der Waals surface area contributed by atoms with Crippen LogP contribution in [0, 0.1) is 12.3 Å². The fourth-order valence-electron chi connectivity index (χ4n) is 1.27. The lowest BCUT2D eigenvalue weighted by Crippen LogP contribution is -1.92. The van der Waals surface area contributed by atoms with Crippen molar-refractivity contribution >= 4 is 10.9 Å². The molecule has 0 atom stereocenters. The van der Waals surface area contributed by atoms with Crippen molar-refractivity contribution < 1.29 is 4.74 Å². The van der Waals surface area contributed by atoms with Gasteiger partial charge in [-0.05, 0) is 24.3 Å². The van der Waals surface area contributed by atoms with E-state index in [1.54, 1.807) is 6.20 Å². The summed E-state index contributed by atoms with van der Waals surface area (Å²) in [5, 5.41) is 1.06. The van der Waals surface area contributed by atoms with Crippen molar-refractivity contribution in [3.63, 3.8) is 0 Å². The number of pyridine rings is 1. The molecule has 0 aliphatic heterocycles. The first kappa shape index (κ1) is 8.58. The number of aromatic nitrogens is 1. The van der Waals surface area contributed by atoms with Crippen LogP contribution in [0.2, 0.25) is 0 Å². The van der Waals surface area contributed by atoms with Crippen LogP contribution in [0.25, 0.3) is 10.9 Å². The summed E-state index contributed by atoms with van der Waals surface area (Å²) in [6.45, 7) is 0.297. The van der Waals surface area contributed by atoms with Crippen molar-refractivity contribution in [2.45, 2.75) is 0 Å². The Morgan fingerprint density at radius 3 is 3.14 bits per heavy atom. The second kappa shape index (κ2) is 3.80. The predicted octanol–water partition coefficient (Wildman–Crippen LogP) is 2.25. The molecule has 0 saturated carbocycles. The minimum Gasteiger partial charge on any atom is -0.481 e. The average molecular weight is 183 g/mol. The first-order valence-corrected chi connectivity index (χ1v) is 4.31. The molecule has 0 unspecified atom stereocenters. The summed E-state index contributed by atoms with van der Waals surface area (Å²) in [5.74, 6) is 3.21. The van der Waals surface area contributed by atoms with Crippen molar-refractivity contribution in [3.8, 4) is 18.1 Å². The minimum atomic E-state index is 0.297. The van der Waals surface area contributed by atoms with Gasteiger partial charge in [-0.15, -0.1) is 6.42 Å². The standard InChI is InChI=1S/C12H9NO/c1-2-8-14-11-5-6-12-10(9-11)4-3-7-13-12/h1,3-7,9H,8H2. The molecular formula is C12H9NO. The van der Waals surface area contributed by atoms with E-state index in [0.29, 0.717) is 6.61 Å². The summed E-state index contributed by atoms with van der Waals surface area (Å²) in [6, 6.07) is 9.60. The largest absolute Gasteiger partial charge is 0.481 e. The van der Waals surface area contributed by atoms with E-state index in [9.17, 15) is 0 Å². The fraction of sp³-hybridized carbons (Fsp3) is 0.0833. The van der Waals surface area contributed by atoms with E-state index in [4.69, 9.17) is 11.2 Å². The van der Waals surface area contributed by atoms with Crippen molar-refractivity contribution in [3.05, 3.63) is 36.5 Å². The first-order chi connectivity index (χ1) is 6.90. The molecular weight excluding hydrogens is 174 g/mol. The number of ether oxygens (including phenoxy) is 1. The first-order valence-electron chi connectivity index (χ1n) is 4.31. The van der Waals surface area contributed by atoms with Gasteiger partial charge in [0.05, 0.1) is 5.52 Å². The van der Waals surface area contributed by atoms with Crippen LogP contribution in [0.1, 0.15) is 0 Å². The Bertz CT molecular complexity index is 485. The van der Waals surface area contributed by atoms with Crippen LogP contribution in [0.5, 0.6) is 5.75 Å². The van der Waals surface area contributed by atoms with Gasteiger partial charge in [-0.1, -0.05) is 12.0 Å². The summed E-state index contributed by atoms with van der Waals surface area (Å²) < 4.78 is 5.30. The third kappa shape index (κ3) is 1.67. The minimum absolute atomic E-state index is 0.297. The van der Waals surface area contributed by atoms with E-state index in [1.165, 1.54) is 0 Å². The molecule has 2 aromatic rings. The number of rotatable bonds is 2. The molecule has 0 bridgehead atoms. The monoisotopic (exact) mass is 183 g/mol. The quantitative estimate of drug-likeness (QED) is 0.666. The van der Waals surface area contributed by atoms with Crippen LogP contribution in [0.3, 0.4) is 0 Å². The van der Waals surface area contributed by atoms with Gasteiger partial charge in [0, 0.05) is 11.6 Å². The second-order valence-corrected chi connectivity index (χ2v) is 2.85. The smallest absolute Gasteiger partial charge is 0.148 e. The highest BCUT2D eigenvalue weighted by molar-refractivity contribution is 5.79. The van der Waals surface area contributed by atoms with Gasteiger partial charge in [0.25, 0.3) is 0 Å². The Labute approximate surface area is 82.5 Å². The number of benzene rings is 1. The molecule has 0 saturated heterocycles. The maximum absolute atomic E-state index is 5.30. The fourth-order valence-corrected chi connectivity index (χ4v) is 1.27. The van der Waals surface area contributed by atoms with E-state index in [2.05, 4.69) is 10.9 Å². The third-order valence-electron chi connectivity index (χ3n) is 1.90. The summed E-state index contributed by atoms with van der Waals surface area (Å²) in [4.78, 5) is 4.21. The molecule has 0 radical (unpaired) electrons. The number of terminal acetylenes is 1. The Kier molecular flexibility index (Phi) is 2.33. The SMILES string of the molecule is C#CCOc1ccc2ncccc2c1. The zero-order chi connectivity index (χ0) is 9.80. The maximum atomic E-state index is 5.30. The Balaban J connectivity index is 2.37. The lowest BCUT2D eigenvalue weighted by atomic mass is 10.2. The van der Waals surface area contributed by atoms with Gasteiger partial charge in [-0.3, -0.25) is 4.98 Å². The van der Waals surface area contributed by atoms with Gasteiger partial charge in [0.1, 0.15) is 12.4 Å². The Morgan fingerprint density at radius 1 is 1.36 bits per heavy atom. The van der Waals surface area contributed by atoms with E-state index in [1.807, 2.05) is 30.3 Å². The predicted molar refractivity (Wildman–Crippen MR) is 56.1 cm³/mol. The molecule has 68 valence electrons. The van der Waals surface area contributed by atoms with E-state index >= 15 is 0 Å². The highest BCUT2D eigenvalue weighted by Crippen LogP contribution is 2.18. The van der Waals surface area contributed by atoms with Crippen molar-refractivity contribution in [1.82, 2.24) is 4.98 Å². The second-order valence-electron chi connectivity index (χ2n) is 2.85. The van der Waals surface area contributed by atoms with Gasteiger partial charge < -0.3 is 4.74 Å². The molecule has 0 amide bonds. The summed E-state index contributed by atoms with van der Waals surface area (Å²) in [7, 11) is 0. The normalized spacial score (nSPS) is 9.64. The molecule has 14 heavy (non-hydrogen) atoms.